The van der Waals surface area contributed by atoms with Crippen LogP contribution in [0.15, 0.2) is 34.8 Å². The molecule has 4 rings (SSSR count). The number of phenols is 1. The topological polar surface area (TPSA) is 167 Å². The number of aromatic hydroxyl groups is 1. The van der Waals surface area contributed by atoms with Crippen LogP contribution >= 0.6 is 0 Å². The van der Waals surface area contributed by atoms with Gasteiger partial charge in [0.25, 0.3) is 5.91 Å². The van der Waals surface area contributed by atoms with E-state index in [1.165, 1.54) is 32.1 Å². The standard InChI is InChI=1S/C32H42N2O7/c1-3-4-5-6-7-8-9-10-11-12-23(36)34-21-14-13-19-17(2)20-15-18-16-22(35)27(32(33)41)30(39)24(18)29(38)26(20)31(40)25(19)28(21)37/h13-14,17-18,20,24,35,37-38H,3-12,15-16H2,1-2H3,(H2,33,41)(H,34,36)/t17-,18?,20?,24?/m0/s1. The maximum Gasteiger partial charge on any atom is 0.255 e. The summed E-state index contributed by atoms with van der Waals surface area (Å²) >= 11 is 0. The second kappa shape index (κ2) is 12.9. The Hall–Kier alpha value is -3.62. The van der Waals surface area contributed by atoms with Crippen LogP contribution in [0.5, 0.6) is 5.75 Å². The number of primary amides is 1. The van der Waals surface area contributed by atoms with Crippen molar-refractivity contribution in [3.8, 4) is 5.75 Å². The molecule has 1 aromatic rings. The lowest BCUT2D eigenvalue weighted by Crippen LogP contribution is -2.44. The predicted molar refractivity (Wildman–Crippen MR) is 155 cm³/mol. The van der Waals surface area contributed by atoms with E-state index in [0.29, 0.717) is 18.4 Å². The van der Waals surface area contributed by atoms with Crippen molar-refractivity contribution in [2.24, 2.45) is 23.5 Å². The molecule has 0 saturated carbocycles. The van der Waals surface area contributed by atoms with E-state index >= 15 is 0 Å². The monoisotopic (exact) mass is 566 g/mol. The second-order valence-electron chi connectivity index (χ2n) is 11.8. The van der Waals surface area contributed by atoms with Gasteiger partial charge >= 0.3 is 0 Å². The largest absolute Gasteiger partial charge is 0.511 e. The van der Waals surface area contributed by atoms with Gasteiger partial charge in [-0.25, -0.2) is 0 Å². The molecule has 0 heterocycles. The minimum absolute atomic E-state index is 0.00797. The van der Waals surface area contributed by atoms with E-state index in [0.717, 1.165) is 25.7 Å². The van der Waals surface area contributed by atoms with Crippen LogP contribution in [0.1, 0.15) is 113 Å². The van der Waals surface area contributed by atoms with Gasteiger partial charge in [-0.15, -0.1) is 0 Å². The van der Waals surface area contributed by atoms with Crippen LogP contribution in [0.25, 0.3) is 0 Å². The van der Waals surface area contributed by atoms with Gasteiger partial charge in [0.2, 0.25) is 5.91 Å². The van der Waals surface area contributed by atoms with Crippen molar-refractivity contribution in [1.29, 1.82) is 0 Å². The number of phenolic OH excluding ortho intramolecular Hbond substituents is 1. The van der Waals surface area contributed by atoms with E-state index in [9.17, 15) is 34.5 Å². The molecule has 2 amide bonds. The highest BCUT2D eigenvalue weighted by Gasteiger charge is 2.51. The Morgan fingerprint density at radius 3 is 2.24 bits per heavy atom. The van der Waals surface area contributed by atoms with Crippen molar-refractivity contribution < 1.29 is 34.5 Å². The first-order chi connectivity index (χ1) is 19.6. The summed E-state index contributed by atoms with van der Waals surface area (Å²) in [7, 11) is 0. The second-order valence-corrected chi connectivity index (χ2v) is 11.8. The molecule has 4 atom stereocenters. The smallest absolute Gasteiger partial charge is 0.255 e. The minimum atomic E-state index is -1.17. The van der Waals surface area contributed by atoms with Gasteiger partial charge in [-0.3, -0.25) is 19.2 Å². The van der Waals surface area contributed by atoms with E-state index in [1.54, 1.807) is 12.1 Å². The quantitative estimate of drug-likeness (QED) is 0.119. The number of aliphatic hydroxyl groups is 2. The number of anilines is 1. The molecule has 6 N–H and O–H groups in total. The first-order valence-electron chi connectivity index (χ1n) is 15.0. The molecule has 3 aliphatic carbocycles. The Kier molecular flexibility index (Phi) is 9.56. The molecular formula is C32H42N2O7. The van der Waals surface area contributed by atoms with E-state index in [2.05, 4.69) is 12.2 Å². The number of carbonyl (C=O) groups is 4. The zero-order chi connectivity index (χ0) is 29.8. The number of fused-ring (bicyclic) bond motifs is 3. The van der Waals surface area contributed by atoms with E-state index in [4.69, 9.17) is 5.73 Å². The fourth-order valence-electron chi connectivity index (χ4n) is 6.84. The number of Topliss-reactive ketones (excluding diaryl/α,β-unsaturated/α-hetero) is 2. The molecule has 41 heavy (non-hydrogen) atoms. The summed E-state index contributed by atoms with van der Waals surface area (Å²) < 4.78 is 0. The lowest BCUT2D eigenvalue weighted by Gasteiger charge is -2.43. The zero-order valence-corrected chi connectivity index (χ0v) is 24.0. The third kappa shape index (κ3) is 6.04. The highest BCUT2D eigenvalue weighted by Crippen LogP contribution is 2.54. The van der Waals surface area contributed by atoms with Crippen LogP contribution < -0.4 is 11.1 Å². The number of nitrogens with one attached hydrogen (secondary N) is 1. The number of benzene rings is 1. The minimum Gasteiger partial charge on any atom is -0.511 e. The number of allylic oxidation sites excluding steroid dienone is 3. The van der Waals surface area contributed by atoms with Gasteiger partial charge in [0.1, 0.15) is 17.1 Å². The predicted octanol–water partition coefficient (Wildman–Crippen LogP) is 5.89. The number of ketones is 2. The Morgan fingerprint density at radius 2 is 1.61 bits per heavy atom. The number of hydrogen-bond acceptors (Lipinski definition) is 7. The molecule has 9 heteroatoms. The number of carbonyl (C=O) groups excluding carboxylic acids is 4. The maximum atomic E-state index is 13.7. The highest BCUT2D eigenvalue weighted by molar-refractivity contribution is 6.22. The first kappa shape index (κ1) is 30.3. The maximum absolute atomic E-state index is 13.7. The summed E-state index contributed by atoms with van der Waals surface area (Å²) in [6, 6.07) is 3.30. The van der Waals surface area contributed by atoms with Crippen molar-refractivity contribution in [2.45, 2.75) is 96.8 Å². The number of amides is 2. The third-order valence-corrected chi connectivity index (χ3v) is 9.05. The summed E-state index contributed by atoms with van der Waals surface area (Å²) in [5.74, 6) is -6.36. The normalized spacial score (nSPS) is 23.7. The van der Waals surface area contributed by atoms with Crippen molar-refractivity contribution in [2.75, 3.05) is 5.32 Å². The molecule has 222 valence electrons. The van der Waals surface area contributed by atoms with Gasteiger partial charge in [-0.05, 0) is 42.2 Å². The fraction of sp³-hybridized carbons (Fsp3) is 0.562. The molecule has 3 aliphatic rings. The highest BCUT2D eigenvalue weighted by atomic mass is 16.3. The molecular weight excluding hydrogens is 524 g/mol. The molecule has 1 aromatic carbocycles. The number of nitrogens with two attached hydrogens (primary N) is 1. The van der Waals surface area contributed by atoms with Crippen molar-refractivity contribution in [3.05, 3.63) is 45.9 Å². The average Bonchev–Trinajstić information content (AvgIpc) is 2.91. The summed E-state index contributed by atoms with van der Waals surface area (Å²) in [6.07, 6.45) is 10.8. The molecule has 9 nitrogen and oxygen atoms in total. The van der Waals surface area contributed by atoms with Crippen LogP contribution in [0.4, 0.5) is 5.69 Å². The summed E-state index contributed by atoms with van der Waals surface area (Å²) in [5, 5.41) is 35.3. The van der Waals surface area contributed by atoms with Gasteiger partial charge in [-0.2, -0.15) is 0 Å². The number of hydrogen-bond donors (Lipinski definition) is 5. The number of aliphatic hydroxyl groups excluding tert-OH is 2. The Labute approximate surface area is 240 Å². The SMILES string of the molecule is CCCCCCCCCCCC(=O)Nc1ccc2c(c1O)C(=O)C1=C(O)C3C(=O)C(C(N)=O)=C(O)CC3CC1[C@H]2C. The summed E-state index contributed by atoms with van der Waals surface area (Å²) in [6.45, 7) is 4.07. The molecule has 0 fully saturated rings. The van der Waals surface area contributed by atoms with Crippen LogP contribution in [-0.4, -0.2) is 38.7 Å². The van der Waals surface area contributed by atoms with Crippen molar-refractivity contribution >= 4 is 29.1 Å². The summed E-state index contributed by atoms with van der Waals surface area (Å²) in [5.41, 5.74) is 5.48. The van der Waals surface area contributed by atoms with Gasteiger partial charge < -0.3 is 26.4 Å². The zero-order valence-electron chi connectivity index (χ0n) is 24.0. The Morgan fingerprint density at radius 1 is 0.976 bits per heavy atom. The van der Waals surface area contributed by atoms with Gasteiger partial charge in [0, 0.05) is 18.4 Å². The lowest BCUT2D eigenvalue weighted by molar-refractivity contribution is -0.126. The molecule has 0 aromatic heterocycles. The molecule has 0 radical (unpaired) electrons. The van der Waals surface area contributed by atoms with Crippen molar-refractivity contribution in [3.63, 3.8) is 0 Å². The van der Waals surface area contributed by atoms with Gasteiger partial charge in [0.05, 0.1) is 17.2 Å². The Bertz CT molecular complexity index is 1290. The van der Waals surface area contributed by atoms with Crippen molar-refractivity contribution in [1.82, 2.24) is 0 Å². The number of rotatable bonds is 12. The van der Waals surface area contributed by atoms with Crippen LogP contribution in [0, 0.1) is 17.8 Å². The average molecular weight is 567 g/mol. The summed E-state index contributed by atoms with van der Waals surface area (Å²) in [4.78, 5) is 51.2. The number of unbranched alkanes of at least 4 members (excludes halogenated alkanes) is 8. The lowest BCUT2D eigenvalue weighted by atomic mass is 9.60. The molecule has 3 unspecified atom stereocenters. The molecule has 0 saturated heterocycles. The van der Waals surface area contributed by atoms with Crippen LogP contribution in [-0.2, 0) is 14.4 Å². The molecule has 0 spiro atoms. The Balaban J connectivity index is 1.47. The molecule has 0 aliphatic heterocycles. The van der Waals surface area contributed by atoms with Crippen LogP contribution in [0.3, 0.4) is 0 Å². The van der Waals surface area contributed by atoms with Crippen LogP contribution in [0.2, 0.25) is 0 Å². The third-order valence-electron chi connectivity index (χ3n) is 9.05. The van der Waals surface area contributed by atoms with E-state index < -0.39 is 52.3 Å². The first-order valence-corrected chi connectivity index (χ1v) is 15.0. The van der Waals surface area contributed by atoms with E-state index in [1.807, 2.05) is 6.92 Å². The fourth-order valence-corrected chi connectivity index (χ4v) is 6.84. The van der Waals surface area contributed by atoms with E-state index in [-0.39, 0.29) is 40.8 Å². The van der Waals surface area contributed by atoms with Gasteiger partial charge in [0.15, 0.2) is 17.3 Å². The molecule has 0 bridgehead atoms. The van der Waals surface area contributed by atoms with Gasteiger partial charge in [-0.1, -0.05) is 71.3 Å².